The summed E-state index contributed by atoms with van der Waals surface area (Å²) in [4.78, 5) is 22.1. The summed E-state index contributed by atoms with van der Waals surface area (Å²) in [5.74, 6) is -0.106. The summed E-state index contributed by atoms with van der Waals surface area (Å²) in [6.07, 6.45) is -0.172. The first-order chi connectivity index (χ1) is 11.1. The summed E-state index contributed by atoms with van der Waals surface area (Å²) in [7, 11) is 0. The number of rotatable bonds is 8. The van der Waals surface area contributed by atoms with Crippen LogP contribution in [0.1, 0.15) is 0 Å². The smallest absolute Gasteiger partial charge is 0.475 e. The van der Waals surface area contributed by atoms with Crippen molar-refractivity contribution in [3.8, 4) is 0 Å². The van der Waals surface area contributed by atoms with E-state index in [1.807, 2.05) is 0 Å². The predicted octanol–water partition coefficient (Wildman–Crippen LogP) is 1.28. The molecule has 0 aromatic carbocycles. The summed E-state index contributed by atoms with van der Waals surface area (Å²) >= 11 is 6.14. The Hall–Kier alpha value is -1.36. The molecule has 1 rings (SSSR count). The van der Waals surface area contributed by atoms with Gasteiger partial charge in [0.25, 0.3) is 0 Å². The standard InChI is InChI=1S/C13H18O8S2/c1-2-11(14)18-3-4-20-13(22)23-6-5-19-12(15)21-10-7-16-9-17-8-10/h2,10H,1,3-9H2. The van der Waals surface area contributed by atoms with E-state index in [4.69, 9.17) is 40.6 Å². The Kier molecular flexibility index (Phi) is 10.4. The Morgan fingerprint density at radius 1 is 1.17 bits per heavy atom. The van der Waals surface area contributed by atoms with Crippen LogP contribution in [0.2, 0.25) is 0 Å². The van der Waals surface area contributed by atoms with Crippen molar-refractivity contribution in [3.63, 3.8) is 0 Å². The molecule has 1 saturated heterocycles. The van der Waals surface area contributed by atoms with Crippen molar-refractivity contribution in [3.05, 3.63) is 12.7 Å². The van der Waals surface area contributed by atoms with Crippen molar-refractivity contribution in [1.29, 1.82) is 0 Å². The first kappa shape index (κ1) is 19.7. The molecular formula is C13H18O8S2. The fourth-order valence-electron chi connectivity index (χ4n) is 1.32. The zero-order valence-electron chi connectivity index (χ0n) is 12.4. The molecule has 0 aromatic heterocycles. The fourth-order valence-corrected chi connectivity index (χ4v) is 2.16. The minimum absolute atomic E-state index is 0.0832. The third kappa shape index (κ3) is 10.1. The van der Waals surface area contributed by atoms with E-state index in [1.54, 1.807) is 0 Å². The van der Waals surface area contributed by atoms with E-state index in [0.717, 1.165) is 6.08 Å². The number of esters is 1. The van der Waals surface area contributed by atoms with Crippen molar-refractivity contribution in [2.75, 3.05) is 45.6 Å². The molecule has 23 heavy (non-hydrogen) atoms. The molecule has 1 fully saturated rings. The van der Waals surface area contributed by atoms with Gasteiger partial charge in [0.1, 0.15) is 26.6 Å². The number of ether oxygens (including phenoxy) is 6. The van der Waals surface area contributed by atoms with E-state index >= 15 is 0 Å². The summed E-state index contributed by atoms with van der Waals surface area (Å²) in [5.41, 5.74) is 0. The Morgan fingerprint density at radius 3 is 2.57 bits per heavy atom. The van der Waals surface area contributed by atoms with Crippen LogP contribution in [0.4, 0.5) is 4.79 Å². The lowest BCUT2D eigenvalue weighted by atomic mass is 10.4. The maximum atomic E-state index is 11.4. The molecule has 8 nitrogen and oxygen atoms in total. The van der Waals surface area contributed by atoms with Gasteiger partial charge in [-0.3, -0.25) is 0 Å². The summed E-state index contributed by atoms with van der Waals surface area (Å²) in [5, 5.41) is 0. The molecule has 0 bridgehead atoms. The molecule has 0 atom stereocenters. The fraction of sp³-hybridized carbons (Fsp3) is 0.615. The third-order valence-corrected chi connectivity index (χ3v) is 3.47. The second-order valence-electron chi connectivity index (χ2n) is 4.02. The van der Waals surface area contributed by atoms with Crippen LogP contribution in [-0.2, 0) is 33.2 Å². The van der Waals surface area contributed by atoms with Crippen LogP contribution in [0.25, 0.3) is 0 Å². The van der Waals surface area contributed by atoms with Crippen molar-refractivity contribution in [2.24, 2.45) is 0 Å². The molecule has 130 valence electrons. The van der Waals surface area contributed by atoms with Gasteiger partial charge in [-0.2, -0.15) is 0 Å². The predicted molar refractivity (Wildman–Crippen MR) is 85.2 cm³/mol. The van der Waals surface area contributed by atoms with Gasteiger partial charge in [-0.25, -0.2) is 9.59 Å². The van der Waals surface area contributed by atoms with Gasteiger partial charge >= 0.3 is 12.1 Å². The highest BCUT2D eigenvalue weighted by Gasteiger charge is 2.19. The summed E-state index contributed by atoms with van der Waals surface area (Å²) < 4.78 is 29.9. The highest BCUT2D eigenvalue weighted by atomic mass is 32.2. The molecule has 0 spiro atoms. The molecule has 0 radical (unpaired) electrons. The van der Waals surface area contributed by atoms with Crippen molar-refractivity contribution >= 4 is 40.5 Å². The van der Waals surface area contributed by atoms with Gasteiger partial charge in [-0.15, -0.1) is 0 Å². The first-order valence-electron chi connectivity index (χ1n) is 6.69. The molecule has 0 unspecified atom stereocenters. The Bertz CT molecular complexity index is 409. The molecular weight excluding hydrogens is 348 g/mol. The topological polar surface area (TPSA) is 89.5 Å². The van der Waals surface area contributed by atoms with Crippen LogP contribution in [0.3, 0.4) is 0 Å². The highest BCUT2D eigenvalue weighted by molar-refractivity contribution is 8.22. The van der Waals surface area contributed by atoms with Crippen molar-refractivity contribution in [1.82, 2.24) is 0 Å². The minimum Gasteiger partial charge on any atom is -0.475 e. The van der Waals surface area contributed by atoms with Gasteiger partial charge in [0, 0.05) is 11.8 Å². The Labute approximate surface area is 143 Å². The minimum atomic E-state index is -0.784. The molecule has 0 aromatic rings. The maximum Gasteiger partial charge on any atom is 0.508 e. The molecule has 10 heteroatoms. The van der Waals surface area contributed by atoms with Crippen LogP contribution >= 0.6 is 24.0 Å². The maximum absolute atomic E-state index is 11.4. The molecule has 1 aliphatic heterocycles. The van der Waals surface area contributed by atoms with Gasteiger partial charge in [-0.05, 0) is 12.2 Å². The van der Waals surface area contributed by atoms with Gasteiger partial charge in [0.05, 0.1) is 13.2 Å². The van der Waals surface area contributed by atoms with Crippen LogP contribution < -0.4 is 0 Å². The number of hydrogen-bond acceptors (Lipinski definition) is 10. The average Bonchev–Trinajstić information content (AvgIpc) is 2.56. The van der Waals surface area contributed by atoms with Gasteiger partial charge in [0.15, 0.2) is 6.10 Å². The summed E-state index contributed by atoms with van der Waals surface area (Å²) in [6, 6.07) is 0. The van der Waals surface area contributed by atoms with Gasteiger partial charge in [-0.1, -0.05) is 18.3 Å². The van der Waals surface area contributed by atoms with Gasteiger partial charge in [0.2, 0.25) is 4.38 Å². The molecule has 1 heterocycles. The molecule has 0 saturated carbocycles. The number of carbonyl (C=O) groups excluding carboxylic acids is 2. The zero-order valence-corrected chi connectivity index (χ0v) is 14.0. The lowest BCUT2D eigenvalue weighted by Gasteiger charge is -2.21. The largest absolute Gasteiger partial charge is 0.508 e. The second kappa shape index (κ2) is 12.1. The van der Waals surface area contributed by atoms with Crippen LogP contribution in [0.15, 0.2) is 12.7 Å². The van der Waals surface area contributed by atoms with E-state index in [-0.39, 0.29) is 44.2 Å². The van der Waals surface area contributed by atoms with Crippen LogP contribution in [0, 0.1) is 0 Å². The highest BCUT2D eigenvalue weighted by Crippen LogP contribution is 2.07. The Balaban J connectivity index is 1.96. The molecule has 0 aliphatic carbocycles. The van der Waals surface area contributed by atoms with E-state index in [2.05, 4.69) is 6.58 Å². The number of thiocarbonyl (C=S) groups is 1. The monoisotopic (exact) mass is 366 g/mol. The zero-order chi connectivity index (χ0) is 16.9. The van der Waals surface area contributed by atoms with E-state index in [9.17, 15) is 9.59 Å². The third-order valence-electron chi connectivity index (χ3n) is 2.27. The number of thioether (sulfide) groups is 1. The van der Waals surface area contributed by atoms with E-state index in [0.29, 0.717) is 5.75 Å². The van der Waals surface area contributed by atoms with Crippen molar-refractivity contribution in [2.45, 2.75) is 6.10 Å². The Morgan fingerprint density at radius 2 is 1.87 bits per heavy atom. The molecule has 0 N–H and O–H groups in total. The SMILES string of the molecule is C=CC(=O)OCCOC(=S)SCCOC(=O)OC1COCOC1. The average molecular weight is 366 g/mol. The summed E-state index contributed by atoms with van der Waals surface area (Å²) in [6.45, 7) is 4.40. The van der Waals surface area contributed by atoms with E-state index < -0.39 is 18.2 Å². The lowest BCUT2D eigenvalue weighted by molar-refractivity contribution is -0.157. The van der Waals surface area contributed by atoms with Gasteiger partial charge < -0.3 is 28.4 Å². The normalized spacial score (nSPS) is 14.6. The quantitative estimate of drug-likeness (QED) is 0.271. The number of carbonyl (C=O) groups is 2. The van der Waals surface area contributed by atoms with Crippen LogP contribution in [-0.4, -0.2) is 68.2 Å². The van der Waals surface area contributed by atoms with E-state index in [1.165, 1.54) is 11.8 Å². The number of hydrogen-bond donors (Lipinski definition) is 0. The lowest BCUT2D eigenvalue weighted by Crippen LogP contribution is -2.33. The first-order valence-corrected chi connectivity index (χ1v) is 8.09. The molecule has 1 aliphatic rings. The van der Waals surface area contributed by atoms with Crippen molar-refractivity contribution < 1.29 is 38.0 Å². The molecule has 0 amide bonds. The second-order valence-corrected chi connectivity index (χ2v) is 5.71. The van der Waals surface area contributed by atoms with Crippen LogP contribution in [0.5, 0.6) is 0 Å².